The van der Waals surface area contributed by atoms with Crippen molar-refractivity contribution in [3.63, 3.8) is 0 Å². The second-order valence-corrected chi connectivity index (χ2v) is 3.96. The maximum Gasteiger partial charge on any atom is 0.160 e. The van der Waals surface area contributed by atoms with Crippen molar-refractivity contribution in [3.05, 3.63) is 41.2 Å². The van der Waals surface area contributed by atoms with Gasteiger partial charge in [-0.15, -0.1) is 0 Å². The zero-order chi connectivity index (χ0) is 11.3. The van der Waals surface area contributed by atoms with Gasteiger partial charge in [0.2, 0.25) is 0 Å². The van der Waals surface area contributed by atoms with Crippen LogP contribution in [0.4, 0.5) is 4.39 Å². The lowest BCUT2D eigenvalue weighted by atomic mass is 10.0. The van der Waals surface area contributed by atoms with Crippen LogP contribution < -0.4 is 0 Å². The van der Waals surface area contributed by atoms with Crippen molar-refractivity contribution in [1.82, 2.24) is 0 Å². The second kappa shape index (κ2) is 5.81. The molecule has 0 radical (unpaired) electrons. The summed E-state index contributed by atoms with van der Waals surface area (Å²) in [6.45, 7) is 1.48. The zero-order valence-corrected chi connectivity index (χ0v) is 10.1. The lowest BCUT2D eigenvalue weighted by molar-refractivity contribution is 0.101. The van der Waals surface area contributed by atoms with E-state index in [0.29, 0.717) is 11.1 Å². The Hall–Kier alpha value is -0.960. The molecular formula is C12H12BrFO. The van der Waals surface area contributed by atoms with Crippen molar-refractivity contribution >= 4 is 27.8 Å². The highest BCUT2D eigenvalue weighted by Gasteiger charge is 2.05. The molecular weight excluding hydrogens is 259 g/mol. The molecule has 0 amide bonds. The van der Waals surface area contributed by atoms with E-state index in [1.54, 1.807) is 6.08 Å². The van der Waals surface area contributed by atoms with Gasteiger partial charge < -0.3 is 0 Å². The number of carbonyl (C=O) groups excluding carboxylic acids is 1. The van der Waals surface area contributed by atoms with Gasteiger partial charge in [0.25, 0.3) is 0 Å². The fourth-order valence-corrected chi connectivity index (χ4v) is 1.53. The number of allylic oxidation sites excluding steroid dienone is 1. The largest absolute Gasteiger partial charge is 0.294 e. The molecule has 0 heterocycles. The summed E-state index contributed by atoms with van der Waals surface area (Å²) in [5.41, 5.74) is 1.20. The highest BCUT2D eigenvalue weighted by atomic mass is 79.9. The molecule has 0 N–H and O–H groups in total. The molecule has 1 aromatic carbocycles. The molecule has 1 nitrogen and oxygen atoms in total. The molecule has 0 atom stereocenters. The van der Waals surface area contributed by atoms with E-state index in [0.717, 1.165) is 11.8 Å². The molecule has 80 valence electrons. The van der Waals surface area contributed by atoms with Gasteiger partial charge in [-0.1, -0.05) is 28.1 Å². The van der Waals surface area contributed by atoms with Crippen LogP contribution in [0.5, 0.6) is 0 Å². The number of halogens is 2. The van der Waals surface area contributed by atoms with Crippen molar-refractivity contribution in [2.45, 2.75) is 13.3 Å². The third-order valence-corrected chi connectivity index (χ3v) is 2.42. The summed E-state index contributed by atoms with van der Waals surface area (Å²) in [5.74, 6) is -0.369. The van der Waals surface area contributed by atoms with Crippen LogP contribution in [0.2, 0.25) is 0 Å². The number of hydrogen-bond acceptors (Lipinski definition) is 1. The molecule has 0 aromatic heterocycles. The van der Waals surface area contributed by atoms with E-state index in [1.165, 1.54) is 25.1 Å². The smallest absolute Gasteiger partial charge is 0.160 e. The average Bonchev–Trinajstić information content (AvgIpc) is 2.18. The standard InChI is InChI=1S/C12H12BrFO/c1-9(15)12-6-5-11(14)8-10(12)4-2-3-7-13/h2,4-6,8H,3,7H2,1H3. The van der Waals surface area contributed by atoms with Crippen LogP contribution in [0.25, 0.3) is 6.08 Å². The quantitative estimate of drug-likeness (QED) is 0.601. The maximum atomic E-state index is 13.0. The maximum absolute atomic E-state index is 13.0. The molecule has 0 saturated carbocycles. The first-order valence-electron chi connectivity index (χ1n) is 4.68. The fourth-order valence-electron chi connectivity index (χ4n) is 1.27. The first kappa shape index (κ1) is 12.1. The van der Waals surface area contributed by atoms with Crippen LogP contribution in [0.1, 0.15) is 29.3 Å². The third kappa shape index (κ3) is 3.59. The minimum atomic E-state index is -0.321. The molecule has 0 fully saturated rings. The molecule has 15 heavy (non-hydrogen) atoms. The minimum absolute atomic E-state index is 0.0477. The van der Waals surface area contributed by atoms with Crippen LogP contribution in [0.3, 0.4) is 0 Å². The van der Waals surface area contributed by atoms with Crippen LogP contribution in [-0.4, -0.2) is 11.1 Å². The normalized spacial score (nSPS) is 10.9. The van der Waals surface area contributed by atoms with E-state index >= 15 is 0 Å². The van der Waals surface area contributed by atoms with Crippen molar-refractivity contribution in [3.8, 4) is 0 Å². The Kier molecular flexibility index (Phi) is 4.69. The summed E-state index contributed by atoms with van der Waals surface area (Å²) in [4.78, 5) is 11.2. The van der Waals surface area contributed by atoms with Gasteiger partial charge in [0.05, 0.1) is 0 Å². The summed E-state index contributed by atoms with van der Waals surface area (Å²) in [7, 11) is 0. The lowest BCUT2D eigenvalue weighted by Gasteiger charge is -2.01. The molecule has 0 aliphatic carbocycles. The fraction of sp³-hybridized carbons (Fsp3) is 0.250. The summed E-state index contributed by atoms with van der Waals surface area (Å²) in [5, 5.41) is 0.855. The van der Waals surface area contributed by atoms with Gasteiger partial charge in [0.1, 0.15) is 5.82 Å². The van der Waals surface area contributed by atoms with Crippen molar-refractivity contribution in [1.29, 1.82) is 0 Å². The molecule has 0 unspecified atom stereocenters. The van der Waals surface area contributed by atoms with E-state index in [1.807, 2.05) is 6.08 Å². The lowest BCUT2D eigenvalue weighted by Crippen LogP contribution is -1.96. The number of rotatable bonds is 4. The monoisotopic (exact) mass is 270 g/mol. The molecule has 0 spiro atoms. The predicted molar refractivity (Wildman–Crippen MR) is 63.8 cm³/mol. The topological polar surface area (TPSA) is 17.1 Å². The zero-order valence-electron chi connectivity index (χ0n) is 8.47. The van der Waals surface area contributed by atoms with Crippen LogP contribution in [-0.2, 0) is 0 Å². The van der Waals surface area contributed by atoms with Gasteiger partial charge in [-0.05, 0) is 37.1 Å². The van der Waals surface area contributed by atoms with E-state index in [2.05, 4.69) is 15.9 Å². The molecule has 1 rings (SSSR count). The van der Waals surface area contributed by atoms with Crippen LogP contribution in [0.15, 0.2) is 24.3 Å². The summed E-state index contributed by atoms with van der Waals surface area (Å²) < 4.78 is 13.0. The first-order chi connectivity index (χ1) is 7.15. The van der Waals surface area contributed by atoms with E-state index in [4.69, 9.17) is 0 Å². The number of Topliss-reactive ketones (excluding diaryl/α,β-unsaturated/α-hetero) is 1. The number of carbonyl (C=O) groups is 1. The Morgan fingerprint density at radius 3 is 2.87 bits per heavy atom. The number of benzene rings is 1. The molecule has 1 aromatic rings. The van der Waals surface area contributed by atoms with Gasteiger partial charge >= 0.3 is 0 Å². The molecule has 0 aliphatic heterocycles. The molecule has 0 saturated heterocycles. The van der Waals surface area contributed by atoms with Crippen LogP contribution in [0, 0.1) is 5.82 Å². The Morgan fingerprint density at radius 1 is 1.53 bits per heavy atom. The third-order valence-electron chi connectivity index (χ3n) is 1.97. The van der Waals surface area contributed by atoms with Crippen molar-refractivity contribution in [2.75, 3.05) is 5.33 Å². The Morgan fingerprint density at radius 2 is 2.27 bits per heavy atom. The Balaban J connectivity index is 3.02. The first-order valence-corrected chi connectivity index (χ1v) is 5.80. The van der Waals surface area contributed by atoms with Gasteiger partial charge in [-0.2, -0.15) is 0 Å². The summed E-state index contributed by atoms with van der Waals surface area (Å²) in [6, 6.07) is 4.20. The summed E-state index contributed by atoms with van der Waals surface area (Å²) >= 11 is 3.29. The Bertz CT molecular complexity index is 385. The average molecular weight is 271 g/mol. The Labute approximate surface area is 97.1 Å². The number of hydrogen-bond donors (Lipinski definition) is 0. The number of alkyl halides is 1. The second-order valence-electron chi connectivity index (χ2n) is 3.17. The molecule has 0 bridgehead atoms. The highest BCUT2D eigenvalue weighted by molar-refractivity contribution is 9.09. The SMILES string of the molecule is CC(=O)c1ccc(F)cc1C=CCCBr. The van der Waals surface area contributed by atoms with E-state index in [9.17, 15) is 9.18 Å². The minimum Gasteiger partial charge on any atom is -0.294 e. The van der Waals surface area contributed by atoms with Crippen molar-refractivity contribution < 1.29 is 9.18 Å². The molecule has 3 heteroatoms. The van der Waals surface area contributed by atoms with E-state index < -0.39 is 0 Å². The summed E-state index contributed by atoms with van der Waals surface area (Å²) in [6.07, 6.45) is 4.55. The van der Waals surface area contributed by atoms with Gasteiger partial charge in [0.15, 0.2) is 5.78 Å². The van der Waals surface area contributed by atoms with Crippen LogP contribution >= 0.6 is 15.9 Å². The molecule has 0 aliphatic rings. The van der Waals surface area contributed by atoms with Gasteiger partial charge in [-0.3, -0.25) is 4.79 Å². The van der Waals surface area contributed by atoms with Crippen molar-refractivity contribution in [2.24, 2.45) is 0 Å². The predicted octanol–water partition coefficient (Wildman–Crippen LogP) is 3.83. The van der Waals surface area contributed by atoms with Gasteiger partial charge in [0, 0.05) is 10.9 Å². The highest BCUT2D eigenvalue weighted by Crippen LogP contribution is 2.14. The van der Waals surface area contributed by atoms with E-state index in [-0.39, 0.29) is 11.6 Å². The van der Waals surface area contributed by atoms with Gasteiger partial charge in [-0.25, -0.2) is 4.39 Å². The number of ketones is 1.